The quantitative estimate of drug-likeness (QED) is 0.790. The third kappa shape index (κ3) is 2.88. The van der Waals surface area contributed by atoms with E-state index in [0.29, 0.717) is 17.1 Å². The monoisotopic (exact) mass is 348 g/mol. The van der Waals surface area contributed by atoms with Crippen LogP contribution in [0.2, 0.25) is 0 Å². The lowest BCUT2D eigenvalue weighted by atomic mass is 10.1. The number of hydrogen-bond acceptors (Lipinski definition) is 4. The molecule has 0 spiro atoms. The Morgan fingerprint density at radius 3 is 2.71 bits per heavy atom. The highest BCUT2D eigenvalue weighted by Gasteiger charge is 2.17. The summed E-state index contributed by atoms with van der Waals surface area (Å²) in [5, 5.41) is 0. The van der Waals surface area contributed by atoms with Gasteiger partial charge in [0, 0.05) is 10.0 Å². The second-order valence-corrected chi connectivity index (χ2v) is 5.54. The van der Waals surface area contributed by atoms with Crippen molar-refractivity contribution in [3.8, 4) is 11.5 Å². The Labute approximate surface area is 130 Å². The molecule has 4 nitrogen and oxygen atoms in total. The fourth-order valence-electron chi connectivity index (χ4n) is 2.09. The van der Waals surface area contributed by atoms with Crippen LogP contribution >= 0.6 is 15.9 Å². The first kappa shape index (κ1) is 13.9. The summed E-state index contributed by atoms with van der Waals surface area (Å²) in [5.74, 6) is 1.02. The molecule has 0 N–H and O–H groups in total. The predicted molar refractivity (Wildman–Crippen MR) is 80.6 cm³/mol. The van der Waals surface area contributed by atoms with Crippen LogP contribution in [0.1, 0.15) is 21.5 Å². The third-order valence-electron chi connectivity index (χ3n) is 3.27. The Balaban J connectivity index is 1.74. The summed E-state index contributed by atoms with van der Waals surface area (Å²) in [7, 11) is 0. The van der Waals surface area contributed by atoms with E-state index in [9.17, 15) is 4.79 Å². The van der Waals surface area contributed by atoms with Gasteiger partial charge in [0.1, 0.15) is 6.61 Å². The standard InChI is InChI=1S/C16H13BrO4/c1-10-4-2-3-5-12(10)16(18)19-8-11-6-14-15(7-13(11)17)21-9-20-14/h2-7H,8-9H2,1H3. The van der Waals surface area contributed by atoms with E-state index in [2.05, 4.69) is 15.9 Å². The molecule has 21 heavy (non-hydrogen) atoms. The van der Waals surface area contributed by atoms with Crippen molar-refractivity contribution in [2.45, 2.75) is 13.5 Å². The molecular formula is C16H13BrO4. The normalized spacial score (nSPS) is 12.3. The number of halogens is 1. The van der Waals surface area contributed by atoms with Crippen molar-refractivity contribution < 1.29 is 19.0 Å². The molecule has 2 aromatic rings. The van der Waals surface area contributed by atoms with E-state index in [1.807, 2.05) is 37.3 Å². The van der Waals surface area contributed by atoms with Crippen molar-refractivity contribution in [2.24, 2.45) is 0 Å². The Bertz CT molecular complexity index is 697. The number of rotatable bonds is 3. The predicted octanol–water partition coefficient (Wildman–Crippen LogP) is 3.84. The summed E-state index contributed by atoms with van der Waals surface area (Å²) in [6, 6.07) is 11.0. The Kier molecular flexibility index (Phi) is 3.84. The zero-order chi connectivity index (χ0) is 14.8. The van der Waals surface area contributed by atoms with Crippen molar-refractivity contribution in [2.75, 3.05) is 6.79 Å². The molecule has 0 fully saturated rings. The zero-order valence-electron chi connectivity index (χ0n) is 11.4. The maximum atomic E-state index is 12.1. The number of esters is 1. The molecule has 1 aliphatic rings. The molecule has 0 radical (unpaired) electrons. The van der Waals surface area contributed by atoms with Crippen LogP contribution in [-0.4, -0.2) is 12.8 Å². The van der Waals surface area contributed by atoms with E-state index in [1.165, 1.54) is 0 Å². The van der Waals surface area contributed by atoms with Gasteiger partial charge in [0.25, 0.3) is 0 Å². The van der Waals surface area contributed by atoms with Crippen LogP contribution in [0.3, 0.4) is 0 Å². The van der Waals surface area contributed by atoms with Gasteiger partial charge in [-0.2, -0.15) is 0 Å². The van der Waals surface area contributed by atoms with Crippen LogP contribution in [0.15, 0.2) is 40.9 Å². The average molecular weight is 349 g/mol. The largest absolute Gasteiger partial charge is 0.457 e. The van der Waals surface area contributed by atoms with Gasteiger partial charge in [0.2, 0.25) is 6.79 Å². The number of ether oxygens (including phenoxy) is 3. The third-order valence-corrected chi connectivity index (χ3v) is 4.00. The molecule has 0 aliphatic carbocycles. The van der Waals surface area contributed by atoms with Crippen LogP contribution in [0.5, 0.6) is 11.5 Å². The minimum atomic E-state index is -0.335. The number of fused-ring (bicyclic) bond motifs is 1. The molecule has 0 unspecified atom stereocenters. The molecule has 0 saturated carbocycles. The van der Waals surface area contributed by atoms with Crippen LogP contribution in [-0.2, 0) is 11.3 Å². The van der Waals surface area contributed by atoms with E-state index < -0.39 is 0 Å². The summed E-state index contributed by atoms with van der Waals surface area (Å²) < 4.78 is 16.8. The smallest absolute Gasteiger partial charge is 0.338 e. The van der Waals surface area contributed by atoms with Gasteiger partial charge >= 0.3 is 5.97 Å². The second kappa shape index (κ2) is 5.77. The van der Waals surface area contributed by atoms with Gasteiger partial charge in [-0.25, -0.2) is 4.79 Å². The first-order valence-electron chi connectivity index (χ1n) is 6.46. The summed E-state index contributed by atoms with van der Waals surface area (Å²) >= 11 is 3.44. The molecular weight excluding hydrogens is 336 g/mol. The van der Waals surface area contributed by atoms with Gasteiger partial charge in [0.15, 0.2) is 11.5 Å². The van der Waals surface area contributed by atoms with Gasteiger partial charge in [-0.05, 0) is 30.7 Å². The molecule has 0 amide bonds. The van der Waals surface area contributed by atoms with E-state index in [1.54, 1.807) is 6.07 Å². The van der Waals surface area contributed by atoms with Gasteiger partial charge in [-0.3, -0.25) is 0 Å². The molecule has 0 atom stereocenters. The van der Waals surface area contributed by atoms with E-state index in [0.717, 1.165) is 15.6 Å². The second-order valence-electron chi connectivity index (χ2n) is 4.69. The number of aryl methyl sites for hydroxylation is 1. The lowest BCUT2D eigenvalue weighted by molar-refractivity contribution is 0.0471. The average Bonchev–Trinajstić information content (AvgIpc) is 2.92. The molecule has 108 valence electrons. The van der Waals surface area contributed by atoms with Gasteiger partial charge in [-0.1, -0.05) is 34.1 Å². The summed E-state index contributed by atoms with van der Waals surface area (Å²) in [6.07, 6.45) is 0. The molecule has 2 aromatic carbocycles. The van der Waals surface area contributed by atoms with Crippen LogP contribution in [0.4, 0.5) is 0 Å². The van der Waals surface area contributed by atoms with E-state index >= 15 is 0 Å². The van der Waals surface area contributed by atoms with Crippen molar-refractivity contribution >= 4 is 21.9 Å². The number of carbonyl (C=O) groups excluding carboxylic acids is 1. The van der Waals surface area contributed by atoms with Crippen LogP contribution in [0.25, 0.3) is 0 Å². The highest BCUT2D eigenvalue weighted by molar-refractivity contribution is 9.10. The summed E-state index contributed by atoms with van der Waals surface area (Å²) in [4.78, 5) is 12.1. The Morgan fingerprint density at radius 1 is 1.24 bits per heavy atom. The van der Waals surface area contributed by atoms with Crippen molar-refractivity contribution in [1.29, 1.82) is 0 Å². The number of carbonyl (C=O) groups is 1. The fraction of sp³-hybridized carbons (Fsp3) is 0.188. The van der Waals surface area contributed by atoms with Crippen molar-refractivity contribution in [1.82, 2.24) is 0 Å². The maximum Gasteiger partial charge on any atom is 0.338 e. The first-order chi connectivity index (χ1) is 10.1. The Hall–Kier alpha value is -2.01. The minimum Gasteiger partial charge on any atom is -0.457 e. The topological polar surface area (TPSA) is 44.8 Å². The maximum absolute atomic E-state index is 12.1. The number of hydrogen-bond donors (Lipinski definition) is 0. The zero-order valence-corrected chi connectivity index (χ0v) is 13.0. The van der Waals surface area contributed by atoms with Crippen LogP contribution in [0, 0.1) is 6.92 Å². The number of benzene rings is 2. The molecule has 0 bridgehead atoms. The van der Waals surface area contributed by atoms with Gasteiger partial charge in [-0.15, -0.1) is 0 Å². The molecule has 0 aromatic heterocycles. The first-order valence-corrected chi connectivity index (χ1v) is 7.25. The fourth-order valence-corrected chi connectivity index (χ4v) is 2.53. The van der Waals surface area contributed by atoms with Crippen molar-refractivity contribution in [3.63, 3.8) is 0 Å². The van der Waals surface area contributed by atoms with E-state index in [-0.39, 0.29) is 19.4 Å². The molecule has 1 heterocycles. The molecule has 1 aliphatic heterocycles. The van der Waals surface area contributed by atoms with Gasteiger partial charge < -0.3 is 14.2 Å². The summed E-state index contributed by atoms with van der Waals surface area (Å²) in [6.45, 7) is 2.27. The lowest BCUT2D eigenvalue weighted by Crippen LogP contribution is -2.07. The van der Waals surface area contributed by atoms with Gasteiger partial charge in [0.05, 0.1) is 5.56 Å². The van der Waals surface area contributed by atoms with E-state index in [4.69, 9.17) is 14.2 Å². The molecule has 3 rings (SSSR count). The Morgan fingerprint density at radius 2 is 1.95 bits per heavy atom. The molecule has 5 heteroatoms. The van der Waals surface area contributed by atoms with Crippen LogP contribution < -0.4 is 9.47 Å². The molecule has 0 saturated heterocycles. The summed E-state index contributed by atoms with van der Waals surface area (Å²) in [5.41, 5.74) is 2.31. The minimum absolute atomic E-state index is 0.171. The highest BCUT2D eigenvalue weighted by atomic mass is 79.9. The SMILES string of the molecule is Cc1ccccc1C(=O)OCc1cc2c(cc1Br)OCO2. The lowest BCUT2D eigenvalue weighted by Gasteiger charge is -2.09. The highest BCUT2D eigenvalue weighted by Crippen LogP contribution is 2.37. The van der Waals surface area contributed by atoms with Crippen molar-refractivity contribution in [3.05, 3.63) is 57.6 Å².